The van der Waals surface area contributed by atoms with Crippen molar-refractivity contribution in [3.8, 4) is 0 Å². The second-order valence-corrected chi connectivity index (χ2v) is 5.73. The summed E-state index contributed by atoms with van der Waals surface area (Å²) in [6, 6.07) is 5.35. The minimum absolute atomic E-state index is 0.353. The van der Waals surface area contributed by atoms with Crippen molar-refractivity contribution in [2.75, 3.05) is 0 Å². The Bertz CT molecular complexity index is 519. The fraction of sp³-hybridized carbons (Fsp3) is 0. The molecule has 0 unspecified atom stereocenters. The molecule has 2 aromatic rings. The predicted molar refractivity (Wildman–Crippen MR) is 68.8 cm³/mol. The van der Waals surface area contributed by atoms with Gasteiger partial charge >= 0.3 is 5.97 Å². The highest BCUT2D eigenvalue weighted by Crippen LogP contribution is 2.33. The molecule has 0 saturated carbocycles. The van der Waals surface area contributed by atoms with Crippen molar-refractivity contribution in [2.24, 2.45) is 0 Å². The molecule has 1 heterocycles. The number of hydrogen-bond acceptors (Lipinski definition) is 3. The Morgan fingerprint density at radius 1 is 1.50 bits per heavy atom. The van der Waals surface area contributed by atoms with Gasteiger partial charge in [0.15, 0.2) is 0 Å². The Hall–Kier alpha value is -0.270. The molecule has 0 fully saturated rings. The van der Waals surface area contributed by atoms with Gasteiger partial charge < -0.3 is 5.11 Å². The third-order valence-electron chi connectivity index (χ3n) is 1.85. The van der Waals surface area contributed by atoms with Crippen LogP contribution in [0.5, 0.6) is 0 Å². The maximum Gasteiger partial charge on any atom is 0.337 e. The quantitative estimate of drug-likeness (QED) is 0.618. The zero-order chi connectivity index (χ0) is 10.3. The van der Waals surface area contributed by atoms with Crippen molar-refractivity contribution in [3.63, 3.8) is 0 Å². The molecule has 0 atom stereocenters. The van der Waals surface area contributed by atoms with Gasteiger partial charge in [-0.2, -0.15) is 0 Å². The summed E-state index contributed by atoms with van der Waals surface area (Å²) in [6.07, 6.45) is 0. The van der Waals surface area contributed by atoms with E-state index in [-0.39, 0.29) is 0 Å². The van der Waals surface area contributed by atoms with E-state index in [2.05, 4.69) is 35.2 Å². The van der Waals surface area contributed by atoms with Gasteiger partial charge in [0.1, 0.15) is 0 Å². The zero-order valence-electron chi connectivity index (χ0n) is 6.82. The monoisotopic (exact) mass is 336 g/mol. The number of aromatic carboxylic acids is 1. The van der Waals surface area contributed by atoms with Crippen molar-refractivity contribution in [1.29, 1.82) is 0 Å². The van der Waals surface area contributed by atoms with Gasteiger partial charge in [-0.25, -0.2) is 4.79 Å². The van der Waals surface area contributed by atoms with Crippen LogP contribution in [0.2, 0.25) is 0 Å². The van der Waals surface area contributed by atoms with Crippen LogP contribution < -0.4 is 0 Å². The number of carboxylic acid groups (broad SMARTS) is 1. The number of thiol groups is 1. The highest BCUT2D eigenvalue weighted by atomic mass is 127. The van der Waals surface area contributed by atoms with Crippen LogP contribution in [0.4, 0.5) is 0 Å². The van der Waals surface area contributed by atoms with E-state index in [0.29, 0.717) is 5.56 Å². The molecular weight excluding hydrogens is 331 g/mol. The number of rotatable bonds is 1. The lowest BCUT2D eigenvalue weighted by Gasteiger charge is -1.98. The predicted octanol–water partition coefficient (Wildman–Crippen LogP) is 3.49. The van der Waals surface area contributed by atoms with Crippen molar-refractivity contribution in [1.82, 2.24) is 0 Å². The standard InChI is InChI=1S/C9H5IO2S2/c10-6-2-1-4(9(11)12)8-5(6)3-7(13)14-8/h1-3,13H,(H,11,12). The highest BCUT2D eigenvalue weighted by molar-refractivity contribution is 14.1. The SMILES string of the molecule is O=C(O)c1ccc(I)c2cc(S)sc12. The van der Waals surface area contributed by atoms with Gasteiger partial charge in [-0.15, -0.1) is 24.0 Å². The van der Waals surface area contributed by atoms with Gasteiger partial charge in [-0.1, -0.05) is 0 Å². The first kappa shape index (κ1) is 10.3. The van der Waals surface area contributed by atoms with E-state index in [1.165, 1.54) is 11.3 Å². The number of carboxylic acids is 1. The molecular formula is C9H5IO2S2. The van der Waals surface area contributed by atoms with Crippen LogP contribution >= 0.6 is 46.6 Å². The van der Waals surface area contributed by atoms with Crippen LogP contribution in [0.1, 0.15) is 10.4 Å². The van der Waals surface area contributed by atoms with Gasteiger partial charge in [-0.3, -0.25) is 0 Å². The lowest BCUT2D eigenvalue weighted by atomic mass is 10.2. The molecule has 2 rings (SSSR count). The van der Waals surface area contributed by atoms with E-state index in [4.69, 9.17) is 5.11 Å². The summed E-state index contributed by atoms with van der Waals surface area (Å²) in [7, 11) is 0. The Kier molecular flexibility index (Phi) is 2.72. The highest BCUT2D eigenvalue weighted by Gasteiger charge is 2.12. The molecule has 0 aliphatic carbocycles. The molecule has 1 N–H and O–H groups in total. The average Bonchev–Trinajstić information content (AvgIpc) is 2.47. The lowest BCUT2D eigenvalue weighted by molar-refractivity contribution is 0.0699. The largest absolute Gasteiger partial charge is 0.478 e. The smallest absolute Gasteiger partial charge is 0.337 e. The molecule has 1 aromatic heterocycles. The number of fused-ring (bicyclic) bond motifs is 1. The van der Waals surface area contributed by atoms with Crippen LogP contribution in [-0.2, 0) is 0 Å². The van der Waals surface area contributed by atoms with Crippen LogP contribution in [0.25, 0.3) is 10.1 Å². The van der Waals surface area contributed by atoms with Gasteiger partial charge in [0.05, 0.1) is 14.5 Å². The molecule has 1 aromatic carbocycles. The van der Waals surface area contributed by atoms with Crippen LogP contribution in [0.15, 0.2) is 22.4 Å². The summed E-state index contributed by atoms with van der Waals surface area (Å²) in [5.74, 6) is -0.887. The third-order valence-corrected chi connectivity index (χ3v) is 4.16. The normalized spacial score (nSPS) is 10.7. The minimum atomic E-state index is -0.887. The van der Waals surface area contributed by atoms with E-state index in [1.807, 2.05) is 12.1 Å². The van der Waals surface area contributed by atoms with Crippen molar-refractivity contribution in [2.45, 2.75) is 4.21 Å². The molecule has 72 valence electrons. The maximum absolute atomic E-state index is 10.9. The lowest BCUT2D eigenvalue weighted by Crippen LogP contribution is -1.95. The first-order valence-electron chi connectivity index (χ1n) is 3.74. The Labute approximate surface area is 103 Å². The third kappa shape index (κ3) is 1.64. The molecule has 0 saturated heterocycles. The van der Waals surface area contributed by atoms with E-state index < -0.39 is 5.97 Å². The molecule has 0 amide bonds. The molecule has 0 radical (unpaired) electrons. The summed E-state index contributed by atoms with van der Waals surface area (Å²) >= 11 is 7.82. The van der Waals surface area contributed by atoms with E-state index in [1.54, 1.807) is 6.07 Å². The zero-order valence-corrected chi connectivity index (χ0v) is 10.7. The number of thiophene rings is 1. The van der Waals surface area contributed by atoms with Crippen LogP contribution in [0, 0.1) is 3.57 Å². The summed E-state index contributed by atoms with van der Waals surface area (Å²) in [6.45, 7) is 0. The maximum atomic E-state index is 10.9. The van der Waals surface area contributed by atoms with Gasteiger partial charge in [-0.05, 0) is 40.8 Å². The summed E-state index contributed by atoms with van der Waals surface area (Å²) in [5.41, 5.74) is 0.353. The number of carbonyl (C=O) groups is 1. The van der Waals surface area contributed by atoms with Crippen molar-refractivity contribution < 1.29 is 9.90 Å². The topological polar surface area (TPSA) is 37.3 Å². The molecule has 0 aliphatic heterocycles. The second-order valence-electron chi connectivity index (χ2n) is 2.73. The molecule has 0 aliphatic rings. The fourth-order valence-corrected chi connectivity index (χ4v) is 3.37. The van der Waals surface area contributed by atoms with Crippen LogP contribution in [-0.4, -0.2) is 11.1 Å². The average molecular weight is 336 g/mol. The van der Waals surface area contributed by atoms with Crippen molar-refractivity contribution >= 4 is 62.6 Å². The molecule has 14 heavy (non-hydrogen) atoms. The number of benzene rings is 1. The Morgan fingerprint density at radius 3 is 2.86 bits per heavy atom. The Balaban J connectivity index is 2.87. The van der Waals surface area contributed by atoms with E-state index >= 15 is 0 Å². The summed E-state index contributed by atoms with van der Waals surface area (Å²) < 4.78 is 2.69. The second kappa shape index (κ2) is 3.71. The molecule has 0 bridgehead atoms. The first-order valence-corrected chi connectivity index (χ1v) is 6.08. The fourth-order valence-electron chi connectivity index (χ4n) is 1.25. The summed E-state index contributed by atoms with van der Waals surface area (Å²) in [5, 5.41) is 9.93. The molecule has 5 heteroatoms. The Morgan fingerprint density at radius 2 is 2.21 bits per heavy atom. The minimum Gasteiger partial charge on any atom is -0.478 e. The van der Waals surface area contributed by atoms with E-state index in [0.717, 1.165) is 17.9 Å². The molecule has 0 spiro atoms. The summed E-state index contributed by atoms with van der Waals surface area (Å²) in [4.78, 5) is 10.9. The number of hydrogen-bond donors (Lipinski definition) is 2. The number of halogens is 1. The van der Waals surface area contributed by atoms with Gasteiger partial charge in [0.25, 0.3) is 0 Å². The first-order chi connectivity index (χ1) is 6.59. The van der Waals surface area contributed by atoms with Gasteiger partial charge in [0.2, 0.25) is 0 Å². The van der Waals surface area contributed by atoms with Gasteiger partial charge in [0, 0.05) is 8.96 Å². The molecule has 2 nitrogen and oxygen atoms in total. The van der Waals surface area contributed by atoms with Crippen molar-refractivity contribution in [3.05, 3.63) is 27.3 Å². The van der Waals surface area contributed by atoms with Crippen LogP contribution in [0.3, 0.4) is 0 Å². The van der Waals surface area contributed by atoms with E-state index in [9.17, 15) is 4.79 Å².